The Balaban J connectivity index is 1.80. The lowest BCUT2D eigenvalue weighted by molar-refractivity contribution is -0.123. The molecular weight excluding hydrogens is 366 g/mol. The van der Waals surface area contributed by atoms with Crippen LogP contribution in [0.4, 0.5) is 0 Å². The molecule has 0 saturated heterocycles. The van der Waals surface area contributed by atoms with Crippen LogP contribution in [0.3, 0.4) is 0 Å². The second-order valence-corrected chi connectivity index (χ2v) is 5.52. The van der Waals surface area contributed by atoms with Crippen molar-refractivity contribution in [3.05, 3.63) is 52.3 Å². The van der Waals surface area contributed by atoms with Crippen LogP contribution in [0.1, 0.15) is 27.8 Å². The van der Waals surface area contributed by atoms with E-state index < -0.39 is 11.8 Å². The van der Waals surface area contributed by atoms with Gasteiger partial charge >= 0.3 is 0 Å². The summed E-state index contributed by atoms with van der Waals surface area (Å²) in [4.78, 5) is 37.3. The Morgan fingerprint density at radius 3 is 2.65 bits per heavy atom. The normalized spacial score (nSPS) is 10.0. The summed E-state index contributed by atoms with van der Waals surface area (Å²) < 4.78 is 5.99. The zero-order chi connectivity index (χ0) is 16.8. The predicted molar refractivity (Wildman–Crippen MR) is 86.0 cm³/mol. The first kappa shape index (κ1) is 16.8. The quantitative estimate of drug-likeness (QED) is 0.544. The fourth-order valence-corrected chi connectivity index (χ4v) is 2.03. The number of halogens is 1. The molecule has 0 radical (unpaired) electrons. The highest BCUT2D eigenvalue weighted by molar-refractivity contribution is 9.10. The zero-order valence-electron chi connectivity index (χ0n) is 12.2. The molecule has 23 heavy (non-hydrogen) atoms. The van der Waals surface area contributed by atoms with Crippen molar-refractivity contribution in [1.82, 2.24) is 15.8 Å². The molecule has 3 N–H and O–H groups in total. The number of aromatic nitrogens is 1. The predicted octanol–water partition coefficient (Wildman–Crippen LogP) is 1.82. The minimum atomic E-state index is -0.530. The molecule has 0 aliphatic carbocycles. The average molecular weight is 380 g/mol. The first-order chi connectivity index (χ1) is 11.0. The summed E-state index contributed by atoms with van der Waals surface area (Å²) in [5, 5.41) is 0. The standard InChI is InChI=1S/C15H14BrN3O4/c1-9(20)10-3-2-4-12(5-10)23-8-14(21)18-19-15(22)13-6-11(16)7-17-13/h2-7,17H,8H2,1H3,(H,18,21)(H,19,22). The number of carbonyl (C=O) groups excluding carboxylic acids is 3. The maximum Gasteiger partial charge on any atom is 0.286 e. The molecule has 8 heteroatoms. The van der Waals surface area contributed by atoms with Gasteiger partial charge in [0.15, 0.2) is 12.4 Å². The van der Waals surface area contributed by atoms with Crippen molar-refractivity contribution in [3.63, 3.8) is 0 Å². The van der Waals surface area contributed by atoms with Gasteiger partial charge in [0, 0.05) is 16.2 Å². The number of amides is 2. The van der Waals surface area contributed by atoms with E-state index in [4.69, 9.17) is 4.74 Å². The van der Waals surface area contributed by atoms with Gasteiger partial charge < -0.3 is 9.72 Å². The van der Waals surface area contributed by atoms with Gasteiger partial charge in [-0.15, -0.1) is 0 Å². The van der Waals surface area contributed by atoms with Gasteiger partial charge in [0.05, 0.1) is 0 Å². The molecular formula is C15H14BrN3O4. The van der Waals surface area contributed by atoms with E-state index in [0.717, 1.165) is 4.47 Å². The Bertz CT molecular complexity index is 742. The number of hydrogen-bond donors (Lipinski definition) is 3. The number of hydrazine groups is 1. The number of ether oxygens (including phenoxy) is 1. The number of hydrogen-bond acceptors (Lipinski definition) is 4. The van der Waals surface area contributed by atoms with E-state index in [0.29, 0.717) is 17.0 Å². The van der Waals surface area contributed by atoms with Crippen molar-refractivity contribution in [3.8, 4) is 5.75 Å². The van der Waals surface area contributed by atoms with E-state index in [1.165, 1.54) is 6.92 Å². The van der Waals surface area contributed by atoms with Gasteiger partial charge in [0.25, 0.3) is 11.8 Å². The number of benzene rings is 1. The smallest absolute Gasteiger partial charge is 0.286 e. The Hall–Kier alpha value is -2.61. The minimum Gasteiger partial charge on any atom is -0.484 e. The summed E-state index contributed by atoms with van der Waals surface area (Å²) in [7, 11) is 0. The molecule has 7 nitrogen and oxygen atoms in total. The Morgan fingerprint density at radius 1 is 1.22 bits per heavy atom. The van der Waals surface area contributed by atoms with Crippen LogP contribution >= 0.6 is 15.9 Å². The lowest BCUT2D eigenvalue weighted by atomic mass is 10.1. The van der Waals surface area contributed by atoms with E-state index in [9.17, 15) is 14.4 Å². The molecule has 0 aliphatic rings. The number of Topliss-reactive ketones (excluding diaryl/α,β-unsaturated/α-hetero) is 1. The Labute approximate surface area is 140 Å². The van der Waals surface area contributed by atoms with Gasteiger partial charge in [0.1, 0.15) is 11.4 Å². The lowest BCUT2D eigenvalue weighted by Gasteiger charge is -2.08. The van der Waals surface area contributed by atoms with Crippen molar-refractivity contribution in [2.45, 2.75) is 6.92 Å². The fourth-order valence-electron chi connectivity index (χ4n) is 1.68. The van der Waals surface area contributed by atoms with Gasteiger partial charge in [-0.3, -0.25) is 25.2 Å². The van der Waals surface area contributed by atoms with Crippen molar-refractivity contribution in [1.29, 1.82) is 0 Å². The number of nitrogens with one attached hydrogen (secondary N) is 3. The minimum absolute atomic E-state index is 0.0933. The summed E-state index contributed by atoms with van der Waals surface area (Å²) in [6, 6.07) is 8.07. The zero-order valence-corrected chi connectivity index (χ0v) is 13.8. The molecule has 1 heterocycles. The van der Waals surface area contributed by atoms with Crippen LogP contribution in [-0.4, -0.2) is 29.2 Å². The molecule has 0 bridgehead atoms. The highest BCUT2D eigenvalue weighted by Gasteiger charge is 2.10. The van der Waals surface area contributed by atoms with E-state index in [-0.39, 0.29) is 12.4 Å². The first-order valence-electron chi connectivity index (χ1n) is 6.62. The number of rotatable bonds is 5. The molecule has 0 fully saturated rings. The van der Waals surface area contributed by atoms with Crippen LogP contribution in [0.5, 0.6) is 5.75 Å². The fraction of sp³-hybridized carbons (Fsp3) is 0.133. The van der Waals surface area contributed by atoms with Crippen molar-refractivity contribution in [2.75, 3.05) is 6.61 Å². The molecule has 2 amide bonds. The molecule has 1 aromatic carbocycles. The summed E-state index contributed by atoms with van der Waals surface area (Å²) in [5.74, 6) is -0.712. The van der Waals surface area contributed by atoms with Gasteiger partial charge in [-0.25, -0.2) is 0 Å². The number of H-pyrrole nitrogens is 1. The van der Waals surface area contributed by atoms with E-state index in [1.54, 1.807) is 36.5 Å². The van der Waals surface area contributed by atoms with Gasteiger partial charge in [-0.05, 0) is 41.1 Å². The van der Waals surface area contributed by atoms with Crippen molar-refractivity contribution < 1.29 is 19.1 Å². The summed E-state index contributed by atoms with van der Waals surface area (Å²) in [5.41, 5.74) is 5.28. The van der Waals surface area contributed by atoms with Gasteiger partial charge in [-0.1, -0.05) is 12.1 Å². The third kappa shape index (κ3) is 4.96. The van der Waals surface area contributed by atoms with Crippen LogP contribution in [-0.2, 0) is 4.79 Å². The second-order valence-electron chi connectivity index (χ2n) is 4.61. The largest absolute Gasteiger partial charge is 0.484 e. The second kappa shape index (κ2) is 7.59. The van der Waals surface area contributed by atoms with E-state index in [2.05, 4.69) is 31.8 Å². The van der Waals surface area contributed by atoms with E-state index in [1.807, 2.05) is 0 Å². The summed E-state index contributed by atoms with van der Waals surface area (Å²) in [6.07, 6.45) is 1.60. The third-order valence-corrected chi connectivity index (χ3v) is 3.28. The molecule has 0 aliphatic heterocycles. The maximum absolute atomic E-state index is 11.7. The maximum atomic E-state index is 11.7. The topological polar surface area (TPSA) is 100 Å². The van der Waals surface area contributed by atoms with Gasteiger partial charge in [-0.2, -0.15) is 0 Å². The lowest BCUT2D eigenvalue weighted by Crippen LogP contribution is -2.43. The molecule has 0 atom stereocenters. The number of ketones is 1. The van der Waals surface area contributed by atoms with Crippen LogP contribution in [0.2, 0.25) is 0 Å². The van der Waals surface area contributed by atoms with Crippen molar-refractivity contribution >= 4 is 33.5 Å². The van der Waals surface area contributed by atoms with Crippen molar-refractivity contribution in [2.24, 2.45) is 0 Å². The molecule has 2 rings (SSSR count). The van der Waals surface area contributed by atoms with Crippen LogP contribution in [0.15, 0.2) is 41.0 Å². The third-order valence-electron chi connectivity index (χ3n) is 2.82. The molecule has 2 aromatic rings. The Morgan fingerprint density at radius 2 is 2.00 bits per heavy atom. The molecule has 120 valence electrons. The number of aromatic amines is 1. The highest BCUT2D eigenvalue weighted by Crippen LogP contribution is 2.13. The molecule has 0 unspecified atom stereocenters. The van der Waals surface area contributed by atoms with Gasteiger partial charge in [0.2, 0.25) is 0 Å². The summed E-state index contributed by atoms with van der Waals surface area (Å²) in [6.45, 7) is 1.15. The highest BCUT2D eigenvalue weighted by atomic mass is 79.9. The number of carbonyl (C=O) groups is 3. The molecule has 1 aromatic heterocycles. The van der Waals surface area contributed by atoms with Crippen LogP contribution in [0.25, 0.3) is 0 Å². The van der Waals surface area contributed by atoms with E-state index >= 15 is 0 Å². The molecule has 0 saturated carbocycles. The summed E-state index contributed by atoms with van der Waals surface area (Å²) >= 11 is 3.20. The SMILES string of the molecule is CC(=O)c1cccc(OCC(=O)NNC(=O)c2cc(Br)c[nH]2)c1. The first-order valence-corrected chi connectivity index (χ1v) is 7.42. The monoisotopic (exact) mass is 379 g/mol. The molecule has 0 spiro atoms. The average Bonchev–Trinajstić information content (AvgIpc) is 2.97. The van der Waals surface area contributed by atoms with Crippen LogP contribution in [0, 0.1) is 0 Å². The van der Waals surface area contributed by atoms with Crippen LogP contribution < -0.4 is 15.6 Å². The Kier molecular flexibility index (Phi) is 5.53.